The van der Waals surface area contributed by atoms with Crippen LogP contribution in [0.4, 0.5) is 22.0 Å². The highest BCUT2D eigenvalue weighted by molar-refractivity contribution is 7.90. The summed E-state index contributed by atoms with van der Waals surface area (Å²) in [4.78, 5) is 11.2. The summed E-state index contributed by atoms with van der Waals surface area (Å²) in [5, 5.41) is -0.328. The van der Waals surface area contributed by atoms with Gasteiger partial charge in [0.15, 0.2) is 17.5 Å². The number of hydrogen-bond acceptors (Lipinski definition) is 3. The molecular weight excluding hydrogens is 500 g/mol. The Labute approximate surface area is 188 Å². The Kier molecular flexibility index (Phi) is 6.77. The summed E-state index contributed by atoms with van der Waals surface area (Å²) in [5.41, 5.74) is -1.98. The molecule has 3 aromatic carbocycles. The number of amides is 1. The van der Waals surface area contributed by atoms with E-state index in [2.05, 4.69) is 0 Å². The molecule has 0 unspecified atom stereocenters. The van der Waals surface area contributed by atoms with Gasteiger partial charge >= 0.3 is 0 Å². The van der Waals surface area contributed by atoms with E-state index in [1.807, 2.05) is 0 Å². The molecule has 3 rings (SSSR count). The van der Waals surface area contributed by atoms with Gasteiger partial charge in [-0.05, 0) is 29.8 Å². The van der Waals surface area contributed by atoms with Gasteiger partial charge in [-0.15, -0.1) is 0 Å². The summed E-state index contributed by atoms with van der Waals surface area (Å²) in [6.07, 6.45) is -0.380. The third kappa shape index (κ3) is 4.87. The quantitative estimate of drug-likeness (QED) is 0.284. The highest BCUT2D eigenvalue weighted by Gasteiger charge is 2.27. The van der Waals surface area contributed by atoms with Crippen molar-refractivity contribution in [2.24, 2.45) is 0 Å². The molecule has 32 heavy (non-hydrogen) atoms. The van der Waals surface area contributed by atoms with E-state index in [9.17, 15) is 35.2 Å². The molecule has 0 radical (unpaired) electrons. The summed E-state index contributed by atoms with van der Waals surface area (Å²) in [6.45, 7) is 0. The normalized spacial score (nSPS) is 11.5. The fraction of sp³-hybridized carbons (Fsp3) is 0.0500. The van der Waals surface area contributed by atoms with Crippen molar-refractivity contribution in [1.82, 2.24) is 4.72 Å². The molecule has 0 aliphatic carbocycles. The van der Waals surface area contributed by atoms with Crippen LogP contribution in [0.25, 0.3) is 11.1 Å². The summed E-state index contributed by atoms with van der Waals surface area (Å²) in [7, 11) is -4.75. The molecule has 0 aromatic heterocycles. The molecule has 0 bridgehead atoms. The first-order valence-corrected chi connectivity index (χ1v) is 10.8. The van der Waals surface area contributed by atoms with Gasteiger partial charge in [-0.2, -0.15) is 0 Å². The molecule has 1 amide bonds. The van der Waals surface area contributed by atoms with Gasteiger partial charge in [-0.3, -0.25) is 4.79 Å². The topological polar surface area (TPSA) is 63.2 Å². The van der Waals surface area contributed by atoms with Gasteiger partial charge in [-0.1, -0.05) is 35.3 Å². The number of rotatable bonds is 5. The van der Waals surface area contributed by atoms with Crippen molar-refractivity contribution in [3.05, 3.63) is 87.2 Å². The van der Waals surface area contributed by atoms with Gasteiger partial charge in [-0.25, -0.2) is 35.1 Å². The summed E-state index contributed by atoms with van der Waals surface area (Å²) in [5.74, 6) is -10.1. The predicted molar refractivity (Wildman–Crippen MR) is 107 cm³/mol. The van der Waals surface area contributed by atoms with Crippen molar-refractivity contribution < 1.29 is 35.2 Å². The largest absolute Gasteiger partial charge is 0.274 e. The smallest absolute Gasteiger partial charge is 0.265 e. The Hall–Kier alpha value is -2.69. The SMILES string of the molecule is O=C(Cc1ccc(Cl)cc1)NS(=O)(=O)c1cc(-c2c(F)cc(F)c(F)c2F)c(F)cc1Cl. The molecule has 0 aliphatic rings. The van der Waals surface area contributed by atoms with Crippen LogP contribution in [0.15, 0.2) is 47.4 Å². The molecule has 12 heteroatoms. The third-order valence-electron chi connectivity index (χ3n) is 4.22. The molecule has 0 fully saturated rings. The van der Waals surface area contributed by atoms with Crippen molar-refractivity contribution in [2.75, 3.05) is 0 Å². The van der Waals surface area contributed by atoms with E-state index in [1.165, 1.54) is 24.3 Å². The first-order valence-electron chi connectivity index (χ1n) is 8.53. The van der Waals surface area contributed by atoms with Crippen molar-refractivity contribution in [3.63, 3.8) is 0 Å². The summed E-state index contributed by atoms with van der Waals surface area (Å²) >= 11 is 11.5. The van der Waals surface area contributed by atoms with Crippen LogP contribution < -0.4 is 4.72 Å². The lowest BCUT2D eigenvalue weighted by atomic mass is 10.0. The lowest BCUT2D eigenvalue weighted by Gasteiger charge is -2.13. The van der Waals surface area contributed by atoms with Crippen LogP contribution in [-0.2, 0) is 21.2 Å². The minimum atomic E-state index is -4.75. The molecule has 168 valence electrons. The van der Waals surface area contributed by atoms with E-state index in [4.69, 9.17) is 23.2 Å². The second kappa shape index (κ2) is 9.05. The van der Waals surface area contributed by atoms with E-state index in [-0.39, 0.29) is 12.5 Å². The van der Waals surface area contributed by atoms with Crippen molar-refractivity contribution in [2.45, 2.75) is 11.3 Å². The number of carbonyl (C=O) groups is 1. The molecule has 0 saturated carbocycles. The number of carbonyl (C=O) groups excluding carboxylic acids is 1. The molecule has 1 N–H and O–H groups in total. The fourth-order valence-corrected chi connectivity index (χ4v) is 4.42. The Morgan fingerprint density at radius 2 is 1.47 bits per heavy atom. The zero-order valence-corrected chi connectivity index (χ0v) is 17.9. The summed E-state index contributed by atoms with van der Waals surface area (Å²) < 4.78 is 96.2. The number of nitrogens with one attached hydrogen (secondary N) is 1. The number of benzene rings is 3. The van der Waals surface area contributed by atoms with E-state index in [0.717, 1.165) is 0 Å². The van der Waals surface area contributed by atoms with E-state index >= 15 is 0 Å². The maximum atomic E-state index is 14.4. The Morgan fingerprint density at radius 3 is 2.09 bits per heavy atom. The fourth-order valence-electron chi connectivity index (χ4n) is 2.77. The second-order valence-corrected chi connectivity index (χ2v) is 8.93. The van der Waals surface area contributed by atoms with Crippen molar-refractivity contribution in [3.8, 4) is 11.1 Å². The second-order valence-electron chi connectivity index (χ2n) is 6.44. The molecule has 0 spiro atoms. The Bertz CT molecular complexity index is 1330. The first-order chi connectivity index (χ1) is 14.9. The van der Waals surface area contributed by atoms with Crippen LogP contribution in [0.1, 0.15) is 5.56 Å². The highest BCUT2D eigenvalue weighted by Crippen LogP contribution is 2.35. The van der Waals surface area contributed by atoms with E-state index < -0.39 is 66.1 Å². The van der Waals surface area contributed by atoms with Gasteiger partial charge < -0.3 is 0 Å². The maximum Gasteiger partial charge on any atom is 0.265 e. The average Bonchev–Trinajstić information content (AvgIpc) is 2.69. The molecular formula is C20H10Cl2F5NO3S. The van der Waals surface area contributed by atoms with Crippen molar-refractivity contribution >= 4 is 39.1 Å². The molecule has 0 aliphatic heterocycles. The highest BCUT2D eigenvalue weighted by atomic mass is 35.5. The summed E-state index contributed by atoms with van der Waals surface area (Å²) in [6, 6.07) is 6.71. The lowest BCUT2D eigenvalue weighted by molar-refractivity contribution is -0.118. The lowest BCUT2D eigenvalue weighted by Crippen LogP contribution is -2.32. The van der Waals surface area contributed by atoms with E-state index in [0.29, 0.717) is 22.7 Å². The Morgan fingerprint density at radius 1 is 0.844 bits per heavy atom. The molecule has 0 heterocycles. The van der Waals surface area contributed by atoms with Crippen LogP contribution in [-0.4, -0.2) is 14.3 Å². The van der Waals surface area contributed by atoms with Crippen LogP contribution >= 0.6 is 23.2 Å². The van der Waals surface area contributed by atoms with Gasteiger partial charge in [0.25, 0.3) is 10.0 Å². The van der Waals surface area contributed by atoms with Gasteiger partial charge in [0.2, 0.25) is 5.91 Å². The van der Waals surface area contributed by atoms with Crippen LogP contribution in [0.2, 0.25) is 10.0 Å². The van der Waals surface area contributed by atoms with Gasteiger partial charge in [0, 0.05) is 16.7 Å². The number of hydrogen-bond donors (Lipinski definition) is 1. The number of halogens is 7. The minimum absolute atomic E-state index is 0.0239. The van der Waals surface area contributed by atoms with E-state index in [1.54, 1.807) is 4.72 Å². The minimum Gasteiger partial charge on any atom is -0.274 e. The van der Waals surface area contributed by atoms with Crippen molar-refractivity contribution in [1.29, 1.82) is 0 Å². The molecule has 3 aromatic rings. The molecule has 4 nitrogen and oxygen atoms in total. The zero-order valence-electron chi connectivity index (χ0n) is 15.5. The molecule has 0 atom stereocenters. The zero-order chi connectivity index (χ0) is 23.8. The van der Waals surface area contributed by atoms with Gasteiger partial charge in [0.05, 0.1) is 17.0 Å². The third-order valence-corrected chi connectivity index (χ3v) is 6.31. The van der Waals surface area contributed by atoms with Crippen LogP contribution in [0.3, 0.4) is 0 Å². The number of sulfonamides is 1. The first kappa shape index (κ1) is 24.0. The standard InChI is InChI=1S/C20H10Cl2F5NO3S/c21-10-3-1-9(2-4-10)5-17(29)28-32(30,31)16-6-11(13(23)7-12(16)22)18-14(24)8-15(25)19(26)20(18)27/h1-4,6-8H,5H2,(H,28,29). The van der Waals surface area contributed by atoms with Gasteiger partial charge in [0.1, 0.15) is 16.5 Å². The monoisotopic (exact) mass is 509 g/mol. The predicted octanol–water partition coefficient (Wildman–Crippen LogP) is 5.40. The maximum absolute atomic E-state index is 14.4. The van der Waals surface area contributed by atoms with Crippen LogP contribution in [0, 0.1) is 29.1 Å². The van der Waals surface area contributed by atoms with Crippen LogP contribution in [0.5, 0.6) is 0 Å². The molecule has 0 saturated heterocycles. The Balaban J connectivity index is 2.00. The average molecular weight is 510 g/mol.